The first-order valence-electron chi connectivity index (χ1n) is 3.62. The molecule has 0 unspecified atom stereocenters. The van der Waals surface area contributed by atoms with E-state index in [9.17, 15) is 0 Å². The second-order valence-electron chi connectivity index (χ2n) is 2.62. The van der Waals surface area contributed by atoms with Crippen LogP contribution in [0.3, 0.4) is 0 Å². The highest BCUT2D eigenvalue weighted by atomic mass is 15.0. The molecule has 0 aliphatic rings. The van der Waals surface area contributed by atoms with Crippen LogP contribution in [0, 0.1) is 0 Å². The van der Waals surface area contributed by atoms with E-state index in [4.69, 9.17) is 0 Å². The van der Waals surface area contributed by atoms with Crippen LogP contribution in [0.15, 0.2) is 29.0 Å². The van der Waals surface area contributed by atoms with Crippen LogP contribution in [0.25, 0.3) is 0 Å². The average Bonchev–Trinajstić information content (AvgIpc) is 1.86. The standard InChI is InChI=1S/C9H16N2/c1-9(2)8-11(4)7-5-6-10-3/h5-8H,1-4H3/b7-5-,10-6?. The van der Waals surface area contributed by atoms with Crippen LogP contribution in [0.1, 0.15) is 13.8 Å². The summed E-state index contributed by atoms with van der Waals surface area (Å²) in [6, 6.07) is 0. The molecule has 0 fully saturated rings. The number of allylic oxidation sites excluding steroid dienone is 2. The van der Waals surface area contributed by atoms with E-state index in [0.29, 0.717) is 0 Å². The highest BCUT2D eigenvalue weighted by Crippen LogP contribution is 1.92. The lowest BCUT2D eigenvalue weighted by Crippen LogP contribution is -2.00. The Kier molecular flexibility index (Phi) is 5.17. The van der Waals surface area contributed by atoms with Gasteiger partial charge in [0.2, 0.25) is 0 Å². The molecule has 0 radical (unpaired) electrons. The van der Waals surface area contributed by atoms with Crippen molar-refractivity contribution < 1.29 is 0 Å². The molecule has 62 valence electrons. The Balaban J connectivity index is 3.87. The van der Waals surface area contributed by atoms with Crippen molar-refractivity contribution in [2.45, 2.75) is 13.8 Å². The van der Waals surface area contributed by atoms with Crippen LogP contribution < -0.4 is 0 Å². The largest absolute Gasteiger partial charge is 0.357 e. The fourth-order valence-electron chi connectivity index (χ4n) is 0.711. The van der Waals surface area contributed by atoms with Gasteiger partial charge in [0.25, 0.3) is 0 Å². The normalized spacial score (nSPS) is 10.9. The van der Waals surface area contributed by atoms with Crippen molar-refractivity contribution in [2.75, 3.05) is 14.1 Å². The van der Waals surface area contributed by atoms with E-state index in [1.54, 1.807) is 13.3 Å². The minimum Gasteiger partial charge on any atom is -0.357 e. The zero-order valence-corrected chi connectivity index (χ0v) is 7.70. The maximum Gasteiger partial charge on any atom is 0.0277 e. The Bertz CT molecular complexity index is 174. The number of hydrogen-bond acceptors (Lipinski definition) is 2. The third-order valence-corrected chi connectivity index (χ3v) is 1.02. The number of hydrogen-bond donors (Lipinski definition) is 0. The molecule has 0 heterocycles. The van der Waals surface area contributed by atoms with Crippen LogP contribution >= 0.6 is 0 Å². The van der Waals surface area contributed by atoms with Crippen molar-refractivity contribution in [3.05, 3.63) is 24.0 Å². The maximum atomic E-state index is 3.83. The van der Waals surface area contributed by atoms with Crippen molar-refractivity contribution >= 4 is 6.21 Å². The molecule has 11 heavy (non-hydrogen) atoms. The van der Waals surface area contributed by atoms with Gasteiger partial charge in [-0.05, 0) is 19.9 Å². The highest BCUT2D eigenvalue weighted by molar-refractivity contribution is 5.70. The molecule has 0 rings (SSSR count). The molecule has 0 aliphatic carbocycles. The van der Waals surface area contributed by atoms with E-state index in [1.807, 2.05) is 24.2 Å². The van der Waals surface area contributed by atoms with Crippen molar-refractivity contribution in [1.82, 2.24) is 4.90 Å². The SMILES string of the molecule is CN=C/C=C\N(C)C=C(C)C. The zero-order chi connectivity index (χ0) is 8.69. The highest BCUT2D eigenvalue weighted by Gasteiger charge is 1.81. The second kappa shape index (κ2) is 5.71. The molecule has 0 aromatic heterocycles. The predicted octanol–water partition coefficient (Wildman–Crippen LogP) is 2.06. The molecule has 0 aliphatic heterocycles. The lowest BCUT2D eigenvalue weighted by molar-refractivity contribution is 0.620. The van der Waals surface area contributed by atoms with Gasteiger partial charge in [-0.1, -0.05) is 5.57 Å². The van der Waals surface area contributed by atoms with Crippen LogP contribution in [0.4, 0.5) is 0 Å². The van der Waals surface area contributed by atoms with E-state index in [-0.39, 0.29) is 0 Å². The predicted molar refractivity (Wildman–Crippen MR) is 50.8 cm³/mol. The summed E-state index contributed by atoms with van der Waals surface area (Å²) in [7, 11) is 3.75. The molecule has 0 aromatic rings. The van der Waals surface area contributed by atoms with Gasteiger partial charge in [-0.15, -0.1) is 0 Å². The summed E-state index contributed by atoms with van der Waals surface area (Å²) in [5.41, 5.74) is 1.28. The van der Waals surface area contributed by atoms with Gasteiger partial charge >= 0.3 is 0 Å². The van der Waals surface area contributed by atoms with E-state index in [1.165, 1.54) is 5.57 Å². The van der Waals surface area contributed by atoms with Crippen molar-refractivity contribution in [2.24, 2.45) is 4.99 Å². The molecule has 0 saturated carbocycles. The van der Waals surface area contributed by atoms with Gasteiger partial charge < -0.3 is 4.90 Å². The van der Waals surface area contributed by atoms with Crippen LogP contribution in [0.5, 0.6) is 0 Å². The fourth-order valence-corrected chi connectivity index (χ4v) is 0.711. The monoisotopic (exact) mass is 152 g/mol. The number of rotatable bonds is 3. The molecule has 2 nitrogen and oxygen atoms in total. The van der Waals surface area contributed by atoms with Gasteiger partial charge in [0, 0.05) is 32.7 Å². The van der Waals surface area contributed by atoms with E-state index in [2.05, 4.69) is 25.0 Å². The lowest BCUT2D eigenvalue weighted by Gasteiger charge is -2.06. The summed E-state index contributed by atoms with van der Waals surface area (Å²) < 4.78 is 0. The summed E-state index contributed by atoms with van der Waals surface area (Å²) in [5, 5.41) is 0. The van der Waals surface area contributed by atoms with Gasteiger partial charge in [-0.25, -0.2) is 0 Å². The Labute approximate surface area is 68.9 Å². The minimum absolute atomic E-state index is 1.28. The molecular weight excluding hydrogens is 136 g/mol. The zero-order valence-electron chi connectivity index (χ0n) is 7.70. The summed E-state index contributed by atoms with van der Waals surface area (Å²) in [6.45, 7) is 4.14. The van der Waals surface area contributed by atoms with E-state index in [0.717, 1.165) is 0 Å². The Morgan fingerprint density at radius 1 is 1.36 bits per heavy atom. The first-order valence-corrected chi connectivity index (χ1v) is 3.62. The van der Waals surface area contributed by atoms with E-state index >= 15 is 0 Å². The number of aliphatic imine (C=N–C) groups is 1. The average molecular weight is 152 g/mol. The summed E-state index contributed by atoms with van der Waals surface area (Å²) >= 11 is 0. The van der Waals surface area contributed by atoms with Crippen molar-refractivity contribution in [3.8, 4) is 0 Å². The fraction of sp³-hybridized carbons (Fsp3) is 0.444. The quantitative estimate of drug-likeness (QED) is 0.565. The number of nitrogens with zero attached hydrogens (tertiary/aromatic N) is 2. The van der Waals surface area contributed by atoms with Gasteiger partial charge in [0.15, 0.2) is 0 Å². The second-order valence-corrected chi connectivity index (χ2v) is 2.62. The Hall–Kier alpha value is -1.05. The first kappa shape index (κ1) is 9.95. The van der Waals surface area contributed by atoms with Crippen molar-refractivity contribution in [3.63, 3.8) is 0 Å². The minimum atomic E-state index is 1.28. The summed E-state index contributed by atoms with van der Waals surface area (Å²) in [4.78, 5) is 5.82. The molecular formula is C9H16N2. The van der Waals surface area contributed by atoms with E-state index < -0.39 is 0 Å². The van der Waals surface area contributed by atoms with Crippen LogP contribution in [-0.4, -0.2) is 25.2 Å². The smallest absolute Gasteiger partial charge is 0.0277 e. The van der Waals surface area contributed by atoms with Gasteiger partial charge in [-0.2, -0.15) is 0 Å². The Morgan fingerprint density at radius 2 is 2.00 bits per heavy atom. The first-order chi connectivity index (χ1) is 5.16. The van der Waals surface area contributed by atoms with Crippen LogP contribution in [-0.2, 0) is 0 Å². The molecule has 0 spiro atoms. The summed E-state index contributed by atoms with van der Waals surface area (Å²) in [5.74, 6) is 0. The van der Waals surface area contributed by atoms with Gasteiger partial charge in [-0.3, -0.25) is 4.99 Å². The maximum absolute atomic E-state index is 3.83. The van der Waals surface area contributed by atoms with Crippen molar-refractivity contribution in [1.29, 1.82) is 0 Å². The summed E-state index contributed by atoms with van der Waals surface area (Å²) in [6.07, 6.45) is 7.68. The molecule has 0 N–H and O–H groups in total. The molecule has 0 bridgehead atoms. The topological polar surface area (TPSA) is 15.6 Å². The van der Waals surface area contributed by atoms with Gasteiger partial charge in [0.1, 0.15) is 0 Å². The molecule has 0 aromatic carbocycles. The van der Waals surface area contributed by atoms with Gasteiger partial charge in [0.05, 0.1) is 0 Å². The third kappa shape index (κ3) is 6.84. The van der Waals surface area contributed by atoms with Crippen LogP contribution in [0.2, 0.25) is 0 Å². The third-order valence-electron chi connectivity index (χ3n) is 1.02. The molecule has 0 atom stereocenters. The molecule has 2 heteroatoms. The lowest BCUT2D eigenvalue weighted by atomic mass is 10.4. The Morgan fingerprint density at radius 3 is 2.45 bits per heavy atom. The molecule has 0 saturated heterocycles. The molecule has 0 amide bonds.